The zero-order valence-corrected chi connectivity index (χ0v) is 13.7. The van der Waals surface area contributed by atoms with Crippen LogP contribution >= 0.6 is 27.5 Å². The van der Waals surface area contributed by atoms with Crippen molar-refractivity contribution >= 4 is 33.3 Å². The fraction of sp³-hybridized carbons (Fsp3) is 0.357. The molecule has 0 unspecified atom stereocenters. The minimum atomic E-state index is 0.481. The smallest absolute Gasteiger partial charge is 0.131 e. The van der Waals surface area contributed by atoms with Crippen molar-refractivity contribution in [1.29, 1.82) is 0 Å². The van der Waals surface area contributed by atoms with Crippen LogP contribution < -0.4 is 4.90 Å². The van der Waals surface area contributed by atoms with Gasteiger partial charge in [0.2, 0.25) is 0 Å². The van der Waals surface area contributed by atoms with Crippen molar-refractivity contribution in [3.05, 3.63) is 45.6 Å². The maximum absolute atomic E-state index is 6.04. The largest absolute Gasteiger partial charge is 0.355 e. The third kappa shape index (κ3) is 2.95. The molecule has 5 heteroatoms. The van der Waals surface area contributed by atoms with Crippen LogP contribution in [0.15, 0.2) is 28.7 Å². The zero-order chi connectivity index (χ0) is 14.0. The number of halogens is 2. The Morgan fingerprint density at radius 1 is 1.37 bits per heavy atom. The van der Waals surface area contributed by atoms with Gasteiger partial charge < -0.3 is 4.90 Å². The molecule has 0 bridgehead atoms. The third-order valence-electron chi connectivity index (χ3n) is 3.17. The van der Waals surface area contributed by atoms with Crippen LogP contribution in [0, 0.1) is 6.92 Å². The van der Waals surface area contributed by atoms with Gasteiger partial charge in [-0.2, -0.15) is 5.10 Å². The molecule has 1 aromatic carbocycles. The maximum atomic E-state index is 6.04. The topological polar surface area (TPSA) is 21.1 Å². The molecular weight excluding hydrogens is 326 g/mol. The lowest BCUT2D eigenvalue weighted by Crippen LogP contribution is -2.20. The van der Waals surface area contributed by atoms with Gasteiger partial charge in [0.1, 0.15) is 5.82 Å². The molecule has 0 saturated heterocycles. The van der Waals surface area contributed by atoms with E-state index in [9.17, 15) is 0 Å². The van der Waals surface area contributed by atoms with Crippen LogP contribution in [0.2, 0.25) is 0 Å². The molecule has 0 N–H and O–H groups in total. The van der Waals surface area contributed by atoms with Gasteiger partial charge in [0.25, 0.3) is 0 Å². The van der Waals surface area contributed by atoms with E-state index >= 15 is 0 Å². The Hall–Kier alpha value is -1.000. The number of aromatic nitrogens is 2. The number of nitrogens with zero attached hydrogens (tertiary/aromatic N) is 3. The molecule has 0 spiro atoms. The van der Waals surface area contributed by atoms with E-state index in [0.717, 1.165) is 28.1 Å². The molecule has 3 nitrogen and oxygen atoms in total. The quantitative estimate of drug-likeness (QED) is 0.787. The summed E-state index contributed by atoms with van der Waals surface area (Å²) in [5, 5.41) is 4.45. The highest BCUT2D eigenvalue weighted by atomic mass is 79.9. The average Bonchev–Trinajstić information content (AvgIpc) is 2.66. The second kappa shape index (κ2) is 5.97. The third-order valence-corrected chi connectivity index (χ3v) is 4.21. The van der Waals surface area contributed by atoms with Gasteiger partial charge >= 0.3 is 0 Å². The summed E-state index contributed by atoms with van der Waals surface area (Å²) in [6, 6.07) is 8.24. The lowest BCUT2D eigenvalue weighted by Gasteiger charge is -2.21. The normalized spacial score (nSPS) is 10.8. The molecule has 2 aromatic rings. The Bertz CT molecular complexity index is 580. The Labute approximate surface area is 127 Å². The minimum absolute atomic E-state index is 0.481. The summed E-state index contributed by atoms with van der Waals surface area (Å²) in [5.74, 6) is 1.55. The Morgan fingerprint density at radius 2 is 2.05 bits per heavy atom. The summed E-state index contributed by atoms with van der Waals surface area (Å²) < 4.78 is 3.01. The summed E-state index contributed by atoms with van der Waals surface area (Å²) in [5.41, 5.74) is 3.33. The van der Waals surface area contributed by atoms with Gasteiger partial charge in [-0.05, 0) is 18.6 Å². The summed E-state index contributed by atoms with van der Waals surface area (Å²) in [6.07, 6.45) is 0. The van der Waals surface area contributed by atoms with Gasteiger partial charge in [-0.25, -0.2) is 0 Å². The minimum Gasteiger partial charge on any atom is -0.355 e. The molecule has 0 atom stereocenters. The second-order valence-electron chi connectivity index (χ2n) is 4.59. The average molecular weight is 343 g/mol. The van der Waals surface area contributed by atoms with E-state index in [1.165, 1.54) is 5.56 Å². The Balaban J connectivity index is 2.30. The van der Waals surface area contributed by atoms with Crippen LogP contribution in [0.5, 0.6) is 0 Å². The Morgan fingerprint density at radius 3 is 2.68 bits per heavy atom. The highest BCUT2D eigenvalue weighted by Gasteiger charge is 2.16. The first-order chi connectivity index (χ1) is 9.04. The molecule has 0 aliphatic rings. The molecule has 19 heavy (non-hydrogen) atoms. The van der Waals surface area contributed by atoms with Crippen LogP contribution in [-0.2, 0) is 19.5 Å². The molecular formula is C14H17BrClN3. The van der Waals surface area contributed by atoms with Crippen LogP contribution in [0.4, 0.5) is 5.82 Å². The Kier molecular flexibility index (Phi) is 4.53. The second-order valence-corrected chi connectivity index (χ2v) is 5.71. The van der Waals surface area contributed by atoms with Crippen molar-refractivity contribution in [1.82, 2.24) is 9.78 Å². The molecule has 1 heterocycles. The fourth-order valence-corrected chi connectivity index (χ4v) is 3.00. The van der Waals surface area contributed by atoms with Gasteiger partial charge in [0.15, 0.2) is 0 Å². The first kappa shape index (κ1) is 14.4. The number of aryl methyl sites for hydroxylation is 2. The van der Waals surface area contributed by atoms with E-state index < -0.39 is 0 Å². The number of hydrogen-bond donors (Lipinski definition) is 0. The van der Waals surface area contributed by atoms with Crippen LogP contribution in [0.3, 0.4) is 0 Å². The lowest BCUT2D eigenvalue weighted by atomic mass is 10.2. The monoisotopic (exact) mass is 341 g/mol. The highest BCUT2D eigenvalue weighted by Crippen LogP contribution is 2.26. The van der Waals surface area contributed by atoms with Gasteiger partial charge in [0.05, 0.1) is 11.6 Å². The van der Waals surface area contributed by atoms with Crippen LogP contribution in [0.1, 0.15) is 16.8 Å². The number of rotatable bonds is 4. The van der Waals surface area contributed by atoms with Gasteiger partial charge in [-0.15, -0.1) is 11.6 Å². The number of hydrogen-bond acceptors (Lipinski definition) is 2. The lowest BCUT2D eigenvalue weighted by molar-refractivity contribution is 0.725. The predicted octanol–water partition coefficient (Wildman–Crippen LogP) is 3.87. The molecule has 0 aliphatic carbocycles. The van der Waals surface area contributed by atoms with E-state index in [4.69, 9.17) is 11.6 Å². The molecule has 0 aliphatic heterocycles. The van der Waals surface area contributed by atoms with E-state index in [0.29, 0.717) is 5.88 Å². The van der Waals surface area contributed by atoms with Crippen molar-refractivity contribution in [2.75, 3.05) is 11.9 Å². The number of anilines is 1. The van der Waals surface area contributed by atoms with E-state index in [-0.39, 0.29) is 0 Å². The van der Waals surface area contributed by atoms with Crippen molar-refractivity contribution < 1.29 is 0 Å². The SMILES string of the molecule is Cc1nn(C)c(N(C)Cc2ccccc2Br)c1CCl. The summed E-state index contributed by atoms with van der Waals surface area (Å²) >= 11 is 9.62. The first-order valence-corrected chi connectivity index (χ1v) is 7.40. The summed E-state index contributed by atoms with van der Waals surface area (Å²) in [6.45, 7) is 2.80. The van der Waals surface area contributed by atoms with Crippen molar-refractivity contribution in [3.63, 3.8) is 0 Å². The van der Waals surface area contributed by atoms with Gasteiger partial charge in [-0.1, -0.05) is 34.1 Å². The molecule has 1 aromatic heterocycles. The standard InChI is InChI=1S/C14H17BrClN3/c1-10-12(8-16)14(19(3)17-10)18(2)9-11-6-4-5-7-13(11)15/h4-7H,8-9H2,1-3H3. The number of benzene rings is 1. The van der Waals surface area contributed by atoms with E-state index in [1.54, 1.807) is 0 Å². The molecule has 0 radical (unpaired) electrons. The fourth-order valence-electron chi connectivity index (χ4n) is 2.28. The first-order valence-electron chi connectivity index (χ1n) is 6.07. The van der Waals surface area contributed by atoms with Crippen LogP contribution in [0.25, 0.3) is 0 Å². The molecule has 0 saturated carbocycles. The highest BCUT2D eigenvalue weighted by molar-refractivity contribution is 9.10. The molecule has 2 rings (SSSR count). The van der Waals surface area contributed by atoms with Crippen LogP contribution in [-0.4, -0.2) is 16.8 Å². The maximum Gasteiger partial charge on any atom is 0.131 e. The molecule has 102 valence electrons. The van der Waals surface area contributed by atoms with Gasteiger partial charge in [-0.3, -0.25) is 4.68 Å². The summed E-state index contributed by atoms with van der Waals surface area (Å²) in [7, 11) is 4.01. The zero-order valence-electron chi connectivity index (χ0n) is 11.3. The predicted molar refractivity (Wildman–Crippen MR) is 83.8 cm³/mol. The van der Waals surface area contributed by atoms with E-state index in [1.807, 2.05) is 30.8 Å². The van der Waals surface area contributed by atoms with Crippen molar-refractivity contribution in [2.24, 2.45) is 7.05 Å². The molecule has 0 amide bonds. The van der Waals surface area contributed by atoms with E-state index in [2.05, 4.69) is 45.1 Å². The van der Waals surface area contributed by atoms with Crippen molar-refractivity contribution in [2.45, 2.75) is 19.3 Å². The van der Waals surface area contributed by atoms with Crippen molar-refractivity contribution in [3.8, 4) is 0 Å². The number of alkyl halides is 1. The van der Waals surface area contributed by atoms with Gasteiger partial charge in [0, 0.05) is 30.7 Å². The molecule has 0 fully saturated rings. The summed E-state index contributed by atoms with van der Waals surface area (Å²) in [4.78, 5) is 2.18.